The lowest BCUT2D eigenvalue weighted by atomic mass is 10.2. The number of rotatable bonds is 6. The fourth-order valence-electron chi connectivity index (χ4n) is 2.09. The van der Waals surface area contributed by atoms with Crippen molar-refractivity contribution in [3.8, 4) is 0 Å². The summed E-state index contributed by atoms with van der Waals surface area (Å²) in [6.45, 7) is 7.03. The summed E-state index contributed by atoms with van der Waals surface area (Å²) in [5.74, 6) is 0.785. The fraction of sp³-hybridized carbons (Fsp3) is 0.923. The van der Waals surface area contributed by atoms with Crippen LogP contribution < -0.4 is 5.32 Å². The minimum absolute atomic E-state index is 0.199. The average molecular weight is 242 g/mol. The lowest BCUT2D eigenvalue weighted by molar-refractivity contribution is -0.132. The number of carbonyl (C=O) groups is 1. The molecule has 1 amide bonds. The van der Waals surface area contributed by atoms with Gasteiger partial charge in [-0.2, -0.15) is 0 Å². The first-order valence-electron chi connectivity index (χ1n) is 6.76. The number of amides is 1. The van der Waals surface area contributed by atoms with Crippen LogP contribution in [0, 0.1) is 5.92 Å². The molecule has 1 unspecified atom stereocenters. The summed E-state index contributed by atoms with van der Waals surface area (Å²) >= 11 is 0. The van der Waals surface area contributed by atoms with E-state index in [4.69, 9.17) is 0 Å². The molecule has 1 heterocycles. The molecule has 1 atom stereocenters. The maximum absolute atomic E-state index is 11.7. The largest absolute Gasteiger partial charge is 0.390 e. The van der Waals surface area contributed by atoms with Crippen LogP contribution in [0.5, 0.6) is 0 Å². The Morgan fingerprint density at radius 1 is 1.29 bits per heavy atom. The van der Waals surface area contributed by atoms with Crippen LogP contribution >= 0.6 is 0 Å². The van der Waals surface area contributed by atoms with Crippen LogP contribution in [0.4, 0.5) is 0 Å². The van der Waals surface area contributed by atoms with Gasteiger partial charge in [0.2, 0.25) is 5.91 Å². The maximum Gasteiger partial charge on any atom is 0.222 e. The number of aliphatic hydroxyl groups excluding tert-OH is 1. The summed E-state index contributed by atoms with van der Waals surface area (Å²) in [6.07, 6.45) is 3.39. The number of aliphatic hydroxyl groups is 1. The lowest BCUT2D eigenvalue weighted by Crippen LogP contribution is -2.41. The van der Waals surface area contributed by atoms with Gasteiger partial charge in [0.05, 0.1) is 6.10 Å². The van der Waals surface area contributed by atoms with Crippen LogP contribution in [0.3, 0.4) is 0 Å². The Balaban J connectivity index is 2.23. The highest BCUT2D eigenvalue weighted by atomic mass is 16.3. The molecule has 1 fully saturated rings. The second kappa shape index (κ2) is 7.67. The van der Waals surface area contributed by atoms with Crippen molar-refractivity contribution in [1.29, 1.82) is 0 Å². The molecule has 1 saturated heterocycles. The van der Waals surface area contributed by atoms with Crippen molar-refractivity contribution < 1.29 is 9.90 Å². The Hall–Kier alpha value is -0.610. The van der Waals surface area contributed by atoms with E-state index >= 15 is 0 Å². The van der Waals surface area contributed by atoms with Gasteiger partial charge in [0, 0.05) is 26.1 Å². The fourth-order valence-corrected chi connectivity index (χ4v) is 2.09. The third-order valence-corrected chi connectivity index (χ3v) is 3.04. The molecule has 0 aliphatic carbocycles. The van der Waals surface area contributed by atoms with Gasteiger partial charge < -0.3 is 15.3 Å². The molecule has 0 spiro atoms. The Kier molecular flexibility index (Phi) is 6.52. The van der Waals surface area contributed by atoms with Crippen LogP contribution in [-0.4, -0.2) is 48.2 Å². The molecule has 1 aliphatic heterocycles. The summed E-state index contributed by atoms with van der Waals surface area (Å²) in [4.78, 5) is 13.5. The van der Waals surface area contributed by atoms with Gasteiger partial charge in [0.25, 0.3) is 0 Å². The quantitative estimate of drug-likeness (QED) is 0.730. The van der Waals surface area contributed by atoms with Crippen molar-refractivity contribution in [2.75, 3.05) is 26.2 Å². The van der Waals surface area contributed by atoms with Gasteiger partial charge in [-0.1, -0.05) is 20.3 Å². The van der Waals surface area contributed by atoms with E-state index in [2.05, 4.69) is 19.2 Å². The molecule has 0 aromatic rings. The van der Waals surface area contributed by atoms with Gasteiger partial charge in [-0.15, -0.1) is 0 Å². The molecule has 0 radical (unpaired) electrons. The Morgan fingerprint density at radius 3 is 2.76 bits per heavy atom. The monoisotopic (exact) mass is 242 g/mol. The summed E-state index contributed by atoms with van der Waals surface area (Å²) in [5, 5.41) is 13.1. The van der Waals surface area contributed by atoms with Gasteiger partial charge in [0.1, 0.15) is 0 Å². The standard InChI is InChI=1S/C13H26N2O2/c1-11(2)8-14-9-12(16)10-15-7-5-3-4-6-13(15)17/h11-12,14,16H,3-10H2,1-2H3. The summed E-state index contributed by atoms with van der Waals surface area (Å²) in [6, 6.07) is 0. The lowest BCUT2D eigenvalue weighted by Gasteiger charge is -2.24. The first kappa shape index (κ1) is 14.5. The molecule has 0 bridgehead atoms. The average Bonchev–Trinajstić information content (AvgIpc) is 2.44. The second-order valence-electron chi connectivity index (χ2n) is 5.36. The summed E-state index contributed by atoms with van der Waals surface area (Å²) in [5.41, 5.74) is 0. The third kappa shape index (κ3) is 6.03. The van der Waals surface area contributed by atoms with Crippen LogP contribution in [0.2, 0.25) is 0 Å². The molecule has 1 rings (SSSR count). The molecule has 4 heteroatoms. The number of hydrogen-bond donors (Lipinski definition) is 2. The zero-order chi connectivity index (χ0) is 12.7. The van der Waals surface area contributed by atoms with Gasteiger partial charge in [0.15, 0.2) is 0 Å². The Labute approximate surface area is 104 Å². The SMILES string of the molecule is CC(C)CNCC(O)CN1CCCCCC1=O. The maximum atomic E-state index is 11.7. The van der Waals surface area contributed by atoms with Crippen LogP contribution in [-0.2, 0) is 4.79 Å². The molecule has 17 heavy (non-hydrogen) atoms. The van der Waals surface area contributed by atoms with E-state index in [1.165, 1.54) is 0 Å². The first-order valence-corrected chi connectivity index (χ1v) is 6.76. The minimum Gasteiger partial charge on any atom is -0.390 e. The second-order valence-corrected chi connectivity index (χ2v) is 5.36. The minimum atomic E-state index is -0.448. The van der Waals surface area contributed by atoms with Crippen LogP contribution in [0.15, 0.2) is 0 Å². The highest BCUT2D eigenvalue weighted by Crippen LogP contribution is 2.11. The van der Waals surface area contributed by atoms with E-state index in [9.17, 15) is 9.90 Å². The van der Waals surface area contributed by atoms with Crippen molar-refractivity contribution >= 4 is 5.91 Å². The zero-order valence-electron chi connectivity index (χ0n) is 11.1. The number of carbonyl (C=O) groups excluding carboxylic acids is 1. The van der Waals surface area contributed by atoms with Crippen molar-refractivity contribution in [2.24, 2.45) is 5.92 Å². The predicted molar refractivity (Wildman–Crippen MR) is 68.8 cm³/mol. The van der Waals surface area contributed by atoms with E-state index in [1.54, 1.807) is 0 Å². The van der Waals surface area contributed by atoms with Gasteiger partial charge in [-0.25, -0.2) is 0 Å². The predicted octanol–water partition coefficient (Wildman–Crippen LogP) is 0.995. The van der Waals surface area contributed by atoms with Gasteiger partial charge >= 0.3 is 0 Å². The van der Waals surface area contributed by atoms with E-state index in [1.807, 2.05) is 4.90 Å². The van der Waals surface area contributed by atoms with E-state index in [0.717, 1.165) is 32.4 Å². The molecule has 4 nitrogen and oxygen atoms in total. The first-order chi connectivity index (χ1) is 8.09. The van der Waals surface area contributed by atoms with E-state index in [-0.39, 0.29) is 5.91 Å². The van der Waals surface area contributed by atoms with Gasteiger partial charge in [-0.05, 0) is 25.3 Å². The Morgan fingerprint density at radius 2 is 2.06 bits per heavy atom. The number of β-amino-alcohol motifs (C(OH)–C–C–N with tert-alkyl or cyclic N) is 1. The number of hydrogen-bond acceptors (Lipinski definition) is 3. The molecule has 100 valence electrons. The number of nitrogens with zero attached hydrogens (tertiary/aromatic N) is 1. The summed E-state index contributed by atoms with van der Waals surface area (Å²) < 4.78 is 0. The topological polar surface area (TPSA) is 52.6 Å². The molecule has 0 saturated carbocycles. The molecule has 0 aromatic heterocycles. The molecular formula is C13H26N2O2. The van der Waals surface area contributed by atoms with E-state index < -0.39 is 6.10 Å². The van der Waals surface area contributed by atoms with Crippen molar-refractivity contribution in [1.82, 2.24) is 10.2 Å². The third-order valence-electron chi connectivity index (χ3n) is 3.04. The van der Waals surface area contributed by atoms with E-state index in [0.29, 0.717) is 25.4 Å². The number of likely N-dealkylation sites (tertiary alicyclic amines) is 1. The number of nitrogens with one attached hydrogen (secondary N) is 1. The van der Waals surface area contributed by atoms with Crippen molar-refractivity contribution in [3.05, 3.63) is 0 Å². The Bertz CT molecular complexity index is 231. The zero-order valence-corrected chi connectivity index (χ0v) is 11.1. The van der Waals surface area contributed by atoms with Crippen LogP contribution in [0.1, 0.15) is 39.5 Å². The normalized spacial score (nSPS) is 19.5. The molecular weight excluding hydrogens is 216 g/mol. The molecule has 1 aliphatic rings. The molecule has 0 aromatic carbocycles. The smallest absolute Gasteiger partial charge is 0.222 e. The summed E-state index contributed by atoms with van der Waals surface area (Å²) in [7, 11) is 0. The van der Waals surface area contributed by atoms with Gasteiger partial charge in [-0.3, -0.25) is 4.79 Å². The van der Waals surface area contributed by atoms with Crippen molar-refractivity contribution in [2.45, 2.75) is 45.6 Å². The van der Waals surface area contributed by atoms with Crippen molar-refractivity contribution in [3.63, 3.8) is 0 Å². The molecule has 2 N–H and O–H groups in total. The highest BCUT2D eigenvalue weighted by molar-refractivity contribution is 5.76. The highest BCUT2D eigenvalue weighted by Gasteiger charge is 2.19. The van der Waals surface area contributed by atoms with Crippen LogP contribution in [0.25, 0.3) is 0 Å².